The molecule has 8 heteroatoms. The Balaban J connectivity index is 1.49. The van der Waals surface area contributed by atoms with Gasteiger partial charge in [-0.05, 0) is 38.2 Å². The Hall–Kier alpha value is -2.45. The minimum atomic E-state index is -0.197. The predicted molar refractivity (Wildman–Crippen MR) is 109 cm³/mol. The molecule has 2 aromatic rings. The molecule has 1 aromatic heterocycles. The molecule has 0 spiro atoms. The van der Waals surface area contributed by atoms with Crippen molar-refractivity contribution in [1.82, 2.24) is 14.9 Å². The third kappa shape index (κ3) is 4.76. The van der Waals surface area contributed by atoms with Crippen LogP contribution in [0.15, 0.2) is 18.3 Å². The summed E-state index contributed by atoms with van der Waals surface area (Å²) in [5.74, 6) is 1.13. The molecule has 2 aliphatic rings. The van der Waals surface area contributed by atoms with Crippen molar-refractivity contribution in [2.75, 3.05) is 38.2 Å². The zero-order valence-corrected chi connectivity index (χ0v) is 16.8. The van der Waals surface area contributed by atoms with E-state index in [1.54, 1.807) is 11.1 Å². The molecule has 1 aliphatic heterocycles. The molecule has 1 amide bonds. The van der Waals surface area contributed by atoms with Crippen LogP contribution in [-0.2, 0) is 9.53 Å². The summed E-state index contributed by atoms with van der Waals surface area (Å²) in [4.78, 5) is 23.3. The summed E-state index contributed by atoms with van der Waals surface area (Å²) in [7, 11) is 0. The second-order valence-corrected chi connectivity index (χ2v) is 7.77. The maximum atomic E-state index is 12.5. The number of aromatic nitrogens is 2. The maximum absolute atomic E-state index is 12.5. The number of nitrogens with one attached hydrogen (secondary N) is 1. The minimum Gasteiger partial charge on any atom is -0.481 e. The van der Waals surface area contributed by atoms with Crippen LogP contribution in [0.4, 0.5) is 5.95 Å². The van der Waals surface area contributed by atoms with Gasteiger partial charge in [0.2, 0.25) is 5.95 Å². The molecule has 1 saturated heterocycles. The molecule has 1 aromatic carbocycles. The number of fused-ring (bicyclic) bond motifs is 1. The summed E-state index contributed by atoms with van der Waals surface area (Å²) in [5, 5.41) is 13.9. The van der Waals surface area contributed by atoms with Crippen molar-refractivity contribution in [3.8, 4) is 5.75 Å². The zero-order valence-electron chi connectivity index (χ0n) is 16.8. The number of aryl methyl sites for hydroxylation is 1. The summed E-state index contributed by atoms with van der Waals surface area (Å²) < 4.78 is 11.2. The highest BCUT2D eigenvalue weighted by Crippen LogP contribution is 2.29. The van der Waals surface area contributed by atoms with Gasteiger partial charge in [0.15, 0.2) is 6.61 Å². The molecule has 2 fully saturated rings. The van der Waals surface area contributed by atoms with Crippen molar-refractivity contribution in [2.24, 2.45) is 0 Å². The number of rotatable bonds is 5. The van der Waals surface area contributed by atoms with Crippen LogP contribution in [-0.4, -0.2) is 70.9 Å². The van der Waals surface area contributed by atoms with Gasteiger partial charge in [-0.2, -0.15) is 0 Å². The first kappa shape index (κ1) is 19.8. The van der Waals surface area contributed by atoms with Gasteiger partial charge >= 0.3 is 0 Å². The smallest absolute Gasteiger partial charge is 0.260 e. The molecule has 1 saturated carbocycles. The molecule has 156 valence electrons. The van der Waals surface area contributed by atoms with Crippen LogP contribution in [0.3, 0.4) is 0 Å². The molecule has 4 rings (SSSR count). The lowest BCUT2D eigenvalue weighted by Crippen LogP contribution is -2.43. The van der Waals surface area contributed by atoms with E-state index in [0.717, 1.165) is 36.6 Å². The van der Waals surface area contributed by atoms with Gasteiger partial charge < -0.3 is 24.8 Å². The Morgan fingerprint density at radius 1 is 1.28 bits per heavy atom. The van der Waals surface area contributed by atoms with Crippen LogP contribution in [0.1, 0.15) is 31.2 Å². The number of hydrogen-bond acceptors (Lipinski definition) is 7. The monoisotopic (exact) mass is 400 g/mol. The number of carbonyl (C=O) groups is 1. The fourth-order valence-corrected chi connectivity index (χ4v) is 3.86. The van der Waals surface area contributed by atoms with Crippen molar-refractivity contribution in [3.05, 3.63) is 23.9 Å². The number of aliphatic hydroxyl groups excluding tert-OH is 1. The predicted octanol–water partition coefficient (Wildman–Crippen LogP) is 1.89. The lowest BCUT2D eigenvalue weighted by molar-refractivity contribution is -0.137. The Morgan fingerprint density at radius 3 is 2.79 bits per heavy atom. The van der Waals surface area contributed by atoms with Crippen LogP contribution < -0.4 is 10.1 Å². The van der Waals surface area contributed by atoms with Gasteiger partial charge in [-0.15, -0.1) is 0 Å². The molecule has 1 aliphatic carbocycles. The van der Waals surface area contributed by atoms with Gasteiger partial charge in [0.1, 0.15) is 11.3 Å². The first-order chi connectivity index (χ1) is 14.1. The van der Waals surface area contributed by atoms with Gasteiger partial charge in [-0.25, -0.2) is 9.97 Å². The molecule has 2 N–H and O–H groups in total. The van der Waals surface area contributed by atoms with Crippen LogP contribution in [0.2, 0.25) is 0 Å². The van der Waals surface area contributed by atoms with E-state index in [1.807, 2.05) is 19.1 Å². The Morgan fingerprint density at radius 2 is 2.03 bits per heavy atom. The van der Waals surface area contributed by atoms with E-state index in [2.05, 4.69) is 15.3 Å². The molecular formula is C21H28N4O4. The van der Waals surface area contributed by atoms with Crippen molar-refractivity contribution in [2.45, 2.75) is 44.8 Å². The number of anilines is 1. The number of hydrogen-bond donors (Lipinski definition) is 2. The number of amides is 1. The van der Waals surface area contributed by atoms with Crippen molar-refractivity contribution < 1.29 is 19.4 Å². The average Bonchev–Trinajstić information content (AvgIpc) is 2.75. The van der Waals surface area contributed by atoms with E-state index in [0.29, 0.717) is 43.5 Å². The number of aliphatic hydroxyl groups is 1. The SMILES string of the molecule is Cc1ccc2cnc(N[C@H]3CC[C@H](O)CC3)nc2c1OCC(=O)N1CCOCC1. The molecule has 0 radical (unpaired) electrons. The number of nitrogens with zero attached hydrogens (tertiary/aromatic N) is 3. The molecule has 8 nitrogen and oxygen atoms in total. The minimum absolute atomic E-state index is 0.0206. The topological polar surface area (TPSA) is 96.8 Å². The van der Waals surface area contributed by atoms with Crippen LogP contribution >= 0.6 is 0 Å². The number of carbonyl (C=O) groups excluding carboxylic acids is 1. The van der Waals surface area contributed by atoms with Crippen LogP contribution in [0, 0.1) is 6.92 Å². The summed E-state index contributed by atoms with van der Waals surface area (Å²) in [5.41, 5.74) is 1.63. The van der Waals surface area contributed by atoms with E-state index in [1.165, 1.54) is 0 Å². The third-order valence-electron chi connectivity index (χ3n) is 5.64. The van der Waals surface area contributed by atoms with Gasteiger partial charge in [0, 0.05) is 30.7 Å². The number of benzene rings is 1. The molecule has 0 unspecified atom stereocenters. The van der Waals surface area contributed by atoms with Crippen molar-refractivity contribution in [1.29, 1.82) is 0 Å². The summed E-state index contributed by atoms with van der Waals surface area (Å²) in [6, 6.07) is 4.17. The van der Waals surface area contributed by atoms with E-state index in [-0.39, 0.29) is 24.7 Å². The zero-order chi connectivity index (χ0) is 20.2. The summed E-state index contributed by atoms with van der Waals surface area (Å²) >= 11 is 0. The quantitative estimate of drug-likeness (QED) is 0.791. The van der Waals surface area contributed by atoms with Gasteiger partial charge in [0.25, 0.3) is 5.91 Å². The lowest BCUT2D eigenvalue weighted by atomic mass is 9.93. The van der Waals surface area contributed by atoms with Gasteiger partial charge in [-0.1, -0.05) is 12.1 Å². The first-order valence-electron chi connectivity index (χ1n) is 10.3. The molecule has 0 bridgehead atoms. The fraction of sp³-hybridized carbons (Fsp3) is 0.571. The second kappa shape index (κ2) is 8.92. The number of ether oxygens (including phenoxy) is 2. The number of morpholine rings is 1. The van der Waals surface area contributed by atoms with Gasteiger partial charge in [-0.3, -0.25) is 4.79 Å². The van der Waals surface area contributed by atoms with E-state index in [9.17, 15) is 9.90 Å². The van der Waals surface area contributed by atoms with E-state index >= 15 is 0 Å². The Kier molecular flexibility index (Phi) is 6.10. The second-order valence-electron chi connectivity index (χ2n) is 7.77. The highest BCUT2D eigenvalue weighted by atomic mass is 16.5. The molecule has 29 heavy (non-hydrogen) atoms. The molecule has 0 atom stereocenters. The van der Waals surface area contributed by atoms with Crippen LogP contribution in [0.25, 0.3) is 10.9 Å². The lowest BCUT2D eigenvalue weighted by Gasteiger charge is -2.27. The molecular weight excluding hydrogens is 372 g/mol. The highest BCUT2D eigenvalue weighted by molar-refractivity contribution is 5.86. The van der Waals surface area contributed by atoms with Crippen molar-refractivity contribution in [3.63, 3.8) is 0 Å². The fourth-order valence-electron chi connectivity index (χ4n) is 3.86. The standard InChI is InChI=1S/C21H28N4O4/c1-14-2-3-15-12-22-21(23-16-4-6-17(26)7-5-16)24-19(15)20(14)29-13-18(27)25-8-10-28-11-9-25/h2-3,12,16-17,26H,4-11,13H2,1H3,(H,22,23,24)/t16-,17-. The summed E-state index contributed by atoms with van der Waals surface area (Å²) in [6.45, 7) is 4.27. The van der Waals surface area contributed by atoms with Crippen molar-refractivity contribution >= 4 is 22.8 Å². The normalized spacial score (nSPS) is 22.5. The Bertz CT molecular complexity index is 861. The maximum Gasteiger partial charge on any atom is 0.260 e. The largest absolute Gasteiger partial charge is 0.481 e. The Labute approximate surface area is 170 Å². The van der Waals surface area contributed by atoms with Crippen LogP contribution in [0.5, 0.6) is 5.75 Å². The van der Waals surface area contributed by atoms with Gasteiger partial charge in [0.05, 0.1) is 19.3 Å². The average molecular weight is 400 g/mol. The highest BCUT2D eigenvalue weighted by Gasteiger charge is 2.21. The van der Waals surface area contributed by atoms with E-state index in [4.69, 9.17) is 9.47 Å². The third-order valence-corrected chi connectivity index (χ3v) is 5.64. The first-order valence-corrected chi connectivity index (χ1v) is 10.3. The van der Waals surface area contributed by atoms with E-state index < -0.39 is 0 Å². The summed E-state index contributed by atoms with van der Waals surface area (Å²) in [6.07, 6.45) is 4.96. The molecule has 2 heterocycles.